The maximum absolute atomic E-state index is 12.1. The van der Waals surface area contributed by atoms with Crippen LogP contribution in [0.1, 0.15) is 5.56 Å². The lowest BCUT2D eigenvalue weighted by atomic mass is 10.2. The Bertz CT molecular complexity index is 769. The average Bonchev–Trinajstić information content (AvgIpc) is 2.56. The van der Waals surface area contributed by atoms with E-state index in [1.54, 1.807) is 18.0 Å². The highest BCUT2D eigenvalue weighted by molar-refractivity contribution is 7.99. The largest absolute Gasteiger partial charge is 0.325 e. The molecule has 110 valence electrons. The average molecular weight is 308 g/mol. The Morgan fingerprint density at radius 1 is 1.00 bits per heavy atom. The summed E-state index contributed by atoms with van der Waals surface area (Å²) in [5.74, 6) is 1.29. The van der Waals surface area contributed by atoms with Gasteiger partial charge in [-0.05, 0) is 29.8 Å². The van der Waals surface area contributed by atoms with Crippen LogP contribution >= 0.6 is 11.8 Å². The summed E-state index contributed by atoms with van der Waals surface area (Å²) in [7, 11) is 0. The van der Waals surface area contributed by atoms with Crippen LogP contribution in [0.5, 0.6) is 0 Å². The molecule has 3 nitrogen and oxygen atoms in total. The second-order valence-electron chi connectivity index (χ2n) is 4.90. The Labute approximate surface area is 133 Å². The van der Waals surface area contributed by atoms with Gasteiger partial charge < -0.3 is 5.32 Å². The first-order chi connectivity index (χ1) is 10.8. The van der Waals surface area contributed by atoms with Crippen molar-refractivity contribution in [2.45, 2.75) is 5.75 Å². The molecule has 4 heteroatoms. The topological polar surface area (TPSA) is 42.0 Å². The number of carbonyl (C=O) groups excluding carboxylic acids is 1. The molecule has 0 atom stereocenters. The predicted octanol–water partition coefficient (Wildman–Crippen LogP) is 4.11. The normalized spacial score (nSPS) is 10.5. The molecular weight excluding hydrogens is 292 g/mol. The molecule has 0 aliphatic heterocycles. The number of amides is 1. The van der Waals surface area contributed by atoms with Gasteiger partial charge in [-0.1, -0.05) is 36.4 Å². The molecule has 0 aliphatic carbocycles. The lowest BCUT2D eigenvalue weighted by Crippen LogP contribution is -2.14. The minimum absolute atomic E-state index is 0.0114. The van der Waals surface area contributed by atoms with E-state index < -0.39 is 0 Å². The number of benzene rings is 2. The van der Waals surface area contributed by atoms with Gasteiger partial charge in [-0.3, -0.25) is 9.78 Å². The molecule has 1 aromatic heterocycles. The van der Waals surface area contributed by atoms with Crippen molar-refractivity contribution in [1.82, 2.24) is 4.98 Å². The van der Waals surface area contributed by atoms with E-state index in [0.717, 1.165) is 22.3 Å². The first-order valence-corrected chi connectivity index (χ1v) is 8.24. The summed E-state index contributed by atoms with van der Waals surface area (Å²) in [4.78, 5) is 16.4. The zero-order chi connectivity index (χ0) is 15.2. The summed E-state index contributed by atoms with van der Waals surface area (Å²) in [5.41, 5.74) is 2.93. The summed E-state index contributed by atoms with van der Waals surface area (Å²) in [6, 6.07) is 19.8. The molecule has 1 amide bonds. The van der Waals surface area contributed by atoms with E-state index in [9.17, 15) is 4.79 Å². The van der Waals surface area contributed by atoms with Crippen molar-refractivity contribution in [3.63, 3.8) is 0 Å². The van der Waals surface area contributed by atoms with Crippen LogP contribution in [0.2, 0.25) is 0 Å². The Kier molecular flexibility index (Phi) is 4.71. The van der Waals surface area contributed by atoms with Gasteiger partial charge in [-0.15, -0.1) is 11.8 Å². The molecule has 3 rings (SSSR count). The summed E-state index contributed by atoms with van der Waals surface area (Å²) in [6.45, 7) is 0. The van der Waals surface area contributed by atoms with Crippen molar-refractivity contribution >= 4 is 34.3 Å². The van der Waals surface area contributed by atoms with Gasteiger partial charge in [0.15, 0.2) is 0 Å². The van der Waals surface area contributed by atoms with E-state index in [2.05, 4.69) is 22.4 Å². The van der Waals surface area contributed by atoms with Gasteiger partial charge in [0.05, 0.1) is 17.0 Å². The molecule has 1 heterocycles. The van der Waals surface area contributed by atoms with Crippen molar-refractivity contribution in [3.05, 3.63) is 72.4 Å². The predicted molar refractivity (Wildman–Crippen MR) is 93.0 cm³/mol. The van der Waals surface area contributed by atoms with E-state index in [1.807, 2.05) is 48.5 Å². The van der Waals surface area contributed by atoms with Crippen LogP contribution < -0.4 is 5.32 Å². The van der Waals surface area contributed by atoms with Crippen molar-refractivity contribution in [2.24, 2.45) is 0 Å². The van der Waals surface area contributed by atoms with Crippen molar-refractivity contribution in [3.8, 4) is 0 Å². The Hall–Kier alpha value is -2.33. The molecule has 0 fully saturated rings. The van der Waals surface area contributed by atoms with E-state index in [-0.39, 0.29) is 5.91 Å². The fourth-order valence-corrected chi connectivity index (χ4v) is 3.02. The number of pyridine rings is 1. The third-order valence-corrected chi connectivity index (χ3v) is 4.27. The SMILES string of the molecule is O=C(CSCc1ccccc1)Nc1cccc2ncccc12. The second-order valence-corrected chi connectivity index (χ2v) is 5.89. The maximum Gasteiger partial charge on any atom is 0.234 e. The van der Waals surface area contributed by atoms with Gasteiger partial charge in [-0.25, -0.2) is 0 Å². The minimum atomic E-state index is 0.0114. The maximum atomic E-state index is 12.1. The first kappa shape index (κ1) is 14.6. The highest BCUT2D eigenvalue weighted by Gasteiger charge is 2.06. The fraction of sp³-hybridized carbons (Fsp3) is 0.111. The number of nitrogens with one attached hydrogen (secondary N) is 1. The molecule has 22 heavy (non-hydrogen) atoms. The van der Waals surface area contributed by atoms with Gasteiger partial charge in [0.1, 0.15) is 0 Å². The molecule has 0 aliphatic rings. The van der Waals surface area contributed by atoms with E-state index in [0.29, 0.717) is 5.75 Å². The molecule has 0 saturated carbocycles. The van der Waals surface area contributed by atoms with Gasteiger partial charge in [-0.2, -0.15) is 0 Å². The second kappa shape index (κ2) is 7.09. The van der Waals surface area contributed by atoms with Crippen LogP contribution in [0.4, 0.5) is 5.69 Å². The zero-order valence-corrected chi connectivity index (χ0v) is 12.8. The number of hydrogen-bond donors (Lipinski definition) is 1. The third-order valence-electron chi connectivity index (χ3n) is 3.26. The monoisotopic (exact) mass is 308 g/mol. The van der Waals surface area contributed by atoms with E-state index >= 15 is 0 Å². The standard InChI is InChI=1S/C18H16N2OS/c21-18(13-22-12-14-6-2-1-3-7-14)20-17-10-4-9-16-15(17)8-5-11-19-16/h1-11H,12-13H2,(H,20,21). The molecule has 0 saturated heterocycles. The third kappa shape index (κ3) is 3.65. The fourth-order valence-electron chi connectivity index (χ4n) is 2.23. The van der Waals surface area contributed by atoms with Crippen LogP contribution in [0.3, 0.4) is 0 Å². The Balaban J connectivity index is 1.59. The Morgan fingerprint density at radius 3 is 2.73 bits per heavy atom. The highest BCUT2D eigenvalue weighted by Crippen LogP contribution is 2.21. The van der Waals surface area contributed by atoms with Crippen LogP contribution in [-0.2, 0) is 10.5 Å². The lowest BCUT2D eigenvalue weighted by Gasteiger charge is -2.08. The van der Waals surface area contributed by atoms with E-state index in [1.165, 1.54) is 5.56 Å². The van der Waals surface area contributed by atoms with Crippen LogP contribution in [0, 0.1) is 0 Å². The van der Waals surface area contributed by atoms with Gasteiger partial charge in [0, 0.05) is 17.3 Å². The molecule has 0 unspecified atom stereocenters. The number of hydrogen-bond acceptors (Lipinski definition) is 3. The lowest BCUT2D eigenvalue weighted by molar-refractivity contribution is -0.113. The molecule has 2 aromatic carbocycles. The highest BCUT2D eigenvalue weighted by atomic mass is 32.2. The smallest absolute Gasteiger partial charge is 0.234 e. The van der Waals surface area contributed by atoms with Crippen molar-refractivity contribution in [1.29, 1.82) is 0 Å². The quantitative estimate of drug-likeness (QED) is 0.771. The van der Waals surface area contributed by atoms with Crippen LogP contribution in [0.15, 0.2) is 66.9 Å². The Morgan fingerprint density at radius 2 is 1.86 bits per heavy atom. The van der Waals surface area contributed by atoms with Crippen molar-refractivity contribution in [2.75, 3.05) is 11.1 Å². The first-order valence-electron chi connectivity index (χ1n) is 7.08. The summed E-state index contributed by atoms with van der Waals surface area (Å²) < 4.78 is 0. The number of anilines is 1. The van der Waals surface area contributed by atoms with Crippen LogP contribution in [0.25, 0.3) is 10.9 Å². The van der Waals surface area contributed by atoms with Gasteiger partial charge in [0.25, 0.3) is 0 Å². The van der Waals surface area contributed by atoms with Gasteiger partial charge in [0.2, 0.25) is 5.91 Å². The van der Waals surface area contributed by atoms with Gasteiger partial charge >= 0.3 is 0 Å². The molecule has 0 radical (unpaired) electrons. The van der Waals surface area contributed by atoms with Crippen LogP contribution in [-0.4, -0.2) is 16.6 Å². The molecule has 0 spiro atoms. The summed E-state index contributed by atoms with van der Waals surface area (Å²) in [6.07, 6.45) is 1.75. The zero-order valence-electron chi connectivity index (χ0n) is 12.0. The number of fused-ring (bicyclic) bond motifs is 1. The molecule has 1 N–H and O–H groups in total. The number of rotatable bonds is 5. The number of aromatic nitrogens is 1. The summed E-state index contributed by atoms with van der Waals surface area (Å²) in [5, 5.41) is 3.94. The molecular formula is C18H16N2OS. The number of carbonyl (C=O) groups is 1. The minimum Gasteiger partial charge on any atom is -0.325 e. The van der Waals surface area contributed by atoms with E-state index in [4.69, 9.17) is 0 Å². The molecule has 0 bridgehead atoms. The molecule has 3 aromatic rings. The number of thioether (sulfide) groups is 1. The number of nitrogens with zero attached hydrogens (tertiary/aromatic N) is 1. The van der Waals surface area contributed by atoms with Crippen molar-refractivity contribution < 1.29 is 4.79 Å². The summed E-state index contributed by atoms with van der Waals surface area (Å²) >= 11 is 1.61.